The maximum atomic E-state index is 12.5. The number of hydrogen-bond donors (Lipinski definition) is 2. The standard InChI is InChI=1S/C15H23N3O4/c1-14(2,13(20)21)18-10-11(9-16-18)17-12(19)15(5-4-6-15)7-8-22-3/h9-10H,4-8H2,1-3H3,(H,17,19)(H,20,21). The monoisotopic (exact) mass is 309 g/mol. The van der Waals surface area contributed by atoms with Crippen molar-refractivity contribution in [2.45, 2.75) is 45.1 Å². The molecule has 7 nitrogen and oxygen atoms in total. The Morgan fingerprint density at radius 2 is 2.18 bits per heavy atom. The zero-order valence-electron chi connectivity index (χ0n) is 13.3. The highest BCUT2D eigenvalue weighted by molar-refractivity contribution is 5.95. The van der Waals surface area contributed by atoms with E-state index in [0.29, 0.717) is 18.7 Å². The van der Waals surface area contributed by atoms with Crippen molar-refractivity contribution in [3.63, 3.8) is 0 Å². The van der Waals surface area contributed by atoms with Crippen LogP contribution in [0.3, 0.4) is 0 Å². The van der Waals surface area contributed by atoms with Crippen LogP contribution in [-0.2, 0) is 19.9 Å². The van der Waals surface area contributed by atoms with Gasteiger partial charge in [0.15, 0.2) is 5.54 Å². The topological polar surface area (TPSA) is 93.5 Å². The second kappa shape index (κ2) is 6.08. The first-order chi connectivity index (χ1) is 10.3. The second-order valence-corrected chi connectivity index (χ2v) is 6.37. The molecule has 1 aromatic rings. The van der Waals surface area contributed by atoms with E-state index in [1.165, 1.54) is 10.9 Å². The Kier molecular flexibility index (Phi) is 4.55. The van der Waals surface area contributed by atoms with Crippen LogP contribution in [0.5, 0.6) is 0 Å². The first kappa shape index (κ1) is 16.5. The number of anilines is 1. The number of ether oxygens (including phenoxy) is 1. The number of carbonyl (C=O) groups excluding carboxylic acids is 1. The molecule has 1 heterocycles. The van der Waals surface area contributed by atoms with Crippen molar-refractivity contribution in [1.82, 2.24) is 9.78 Å². The quantitative estimate of drug-likeness (QED) is 0.801. The van der Waals surface area contributed by atoms with Gasteiger partial charge < -0.3 is 15.2 Å². The molecule has 1 aliphatic carbocycles. The first-order valence-corrected chi connectivity index (χ1v) is 7.41. The van der Waals surface area contributed by atoms with Crippen LogP contribution in [0.15, 0.2) is 12.4 Å². The summed E-state index contributed by atoms with van der Waals surface area (Å²) in [5, 5.41) is 16.1. The van der Waals surface area contributed by atoms with Crippen molar-refractivity contribution in [3.05, 3.63) is 12.4 Å². The van der Waals surface area contributed by atoms with Gasteiger partial charge in [-0.15, -0.1) is 0 Å². The zero-order valence-corrected chi connectivity index (χ0v) is 13.3. The lowest BCUT2D eigenvalue weighted by molar-refractivity contribution is -0.146. The van der Waals surface area contributed by atoms with Gasteiger partial charge >= 0.3 is 5.97 Å². The first-order valence-electron chi connectivity index (χ1n) is 7.41. The number of aromatic nitrogens is 2. The van der Waals surface area contributed by atoms with Crippen molar-refractivity contribution >= 4 is 17.6 Å². The molecule has 7 heteroatoms. The molecule has 1 aromatic heterocycles. The van der Waals surface area contributed by atoms with Gasteiger partial charge in [-0.05, 0) is 33.1 Å². The van der Waals surface area contributed by atoms with Crippen LogP contribution < -0.4 is 5.32 Å². The van der Waals surface area contributed by atoms with Crippen LogP contribution in [0.1, 0.15) is 39.5 Å². The average Bonchev–Trinajstić information content (AvgIpc) is 2.86. The molecule has 0 atom stereocenters. The summed E-state index contributed by atoms with van der Waals surface area (Å²) in [5.41, 5.74) is -1.00. The number of carboxylic acids is 1. The largest absolute Gasteiger partial charge is 0.479 e. The number of methoxy groups -OCH3 is 1. The van der Waals surface area contributed by atoms with Crippen molar-refractivity contribution in [2.75, 3.05) is 19.0 Å². The van der Waals surface area contributed by atoms with Crippen LogP contribution in [-0.4, -0.2) is 40.5 Å². The molecule has 0 spiro atoms. The number of nitrogens with one attached hydrogen (secondary N) is 1. The highest BCUT2D eigenvalue weighted by Crippen LogP contribution is 2.44. The number of nitrogens with zero attached hydrogens (tertiary/aromatic N) is 2. The second-order valence-electron chi connectivity index (χ2n) is 6.37. The molecular formula is C15H23N3O4. The maximum Gasteiger partial charge on any atom is 0.331 e. The minimum atomic E-state index is -1.16. The molecular weight excluding hydrogens is 286 g/mol. The molecule has 0 radical (unpaired) electrons. The molecule has 0 saturated heterocycles. The fraction of sp³-hybridized carbons (Fsp3) is 0.667. The maximum absolute atomic E-state index is 12.5. The third-order valence-electron chi connectivity index (χ3n) is 4.51. The molecule has 0 unspecified atom stereocenters. The number of rotatable bonds is 7. The van der Waals surface area contributed by atoms with Gasteiger partial charge in [0.25, 0.3) is 0 Å². The van der Waals surface area contributed by atoms with Gasteiger partial charge in [-0.1, -0.05) is 6.42 Å². The van der Waals surface area contributed by atoms with Crippen LogP contribution in [0, 0.1) is 5.41 Å². The van der Waals surface area contributed by atoms with E-state index in [0.717, 1.165) is 19.3 Å². The number of amides is 1. The zero-order chi connectivity index (χ0) is 16.4. The molecule has 0 aliphatic heterocycles. The Morgan fingerprint density at radius 3 is 2.68 bits per heavy atom. The normalized spacial score (nSPS) is 16.9. The van der Waals surface area contributed by atoms with Gasteiger partial charge in [0.2, 0.25) is 5.91 Å². The van der Waals surface area contributed by atoms with Crippen LogP contribution >= 0.6 is 0 Å². The van der Waals surface area contributed by atoms with Gasteiger partial charge in [-0.2, -0.15) is 5.10 Å². The predicted molar refractivity (Wildman–Crippen MR) is 80.6 cm³/mol. The Hall–Kier alpha value is -1.89. The van der Waals surface area contributed by atoms with Gasteiger partial charge in [0.1, 0.15) is 0 Å². The van der Waals surface area contributed by atoms with E-state index in [-0.39, 0.29) is 11.3 Å². The molecule has 1 aliphatic rings. The van der Waals surface area contributed by atoms with Crippen LogP contribution in [0.25, 0.3) is 0 Å². The smallest absolute Gasteiger partial charge is 0.331 e. The molecule has 0 bridgehead atoms. The summed E-state index contributed by atoms with van der Waals surface area (Å²) in [7, 11) is 1.63. The summed E-state index contributed by atoms with van der Waals surface area (Å²) in [6, 6.07) is 0. The van der Waals surface area contributed by atoms with E-state index >= 15 is 0 Å². The summed E-state index contributed by atoms with van der Waals surface area (Å²) < 4.78 is 6.43. The molecule has 2 rings (SSSR count). The van der Waals surface area contributed by atoms with Gasteiger partial charge in [0, 0.05) is 19.9 Å². The molecule has 0 aromatic carbocycles. The highest BCUT2D eigenvalue weighted by Gasteiger charge is 2.43. The molecule has 2 N–H and O–H groups in total. The van der Waals surface area contributed by atoms with Crippen molar-refractivity contribution in [3.8, 4) is 0 Å². The van der Waals surface area contributed by atoms with Crippen LogP contribution in [0.2, 0.25) is 0 Å². The van der Waals surface area contributed by atoms with Crippen molar-refractivity contribution in [2.24, 2.45) is 5.41 Å². The molecule has 1 amide bonds. The van der Waals surface area contributed by atoms with Gasteiger partial charge in [0.05, 0.1) is 17.3 Å². The minimum Gasteiger partial charge on any atom is -0.479 e. The lowest BCUT2D eigenvalue weighted by Crippen LogP contribution is -2.42. The lowest BCUT2D eigenvalue weighted by Gasteiger charge is -2.40. The molecule has 1 saturated carbocycles. The van der Waals surface area contributed by atoms with Crippen molar-refractivity contribution in [1.29, 1.82) is 0 Å². The van der Waals surface area contributed by atoms with Crippen LogP contribution in [0.4, 0.5) is 5.69 Å². The summed E-state index contributed by atoms with van der Waals surface area (Å²) in [5.74, 6) is -1.02. The molecule has 1 fully saturated rings. The minimum absolute atomic E-state index is 0.0384. The Balaban J connectivity index is 2.06. The summed E-state index contributed by atoms with van der Waals surface area (Å²) in [4.78, 5) is 23.7. The van der Waals surface area contributed by atoms with E-state index in [1.807, 2.05) is 0 Å². The van der Waals surface area contributed by atoms with E-state index < -0.39 is 11.5 Å². The number of carboxylic acid groups (broad SMARTS) is 1. The Bertz CT molecular complexity index is 561. The Morgan fingerprint density at radius 1 is 1.50 bits per heavy atom. The van der Waals surface area contributed by atoms with Crippen molar-refractivity contribution < 1.29 is 19.4 Å². The lowest BCUT2D eigenvalue weighted by atomic mass is 9.66. The SMILES string of the molecule is COCCC1(C(=O)Nc2cnn(C(C)(C)C(=O)O)c2)CCC1. The highest BCUT2D eigenvalue weighted by atomic mass is 16.5. The van der Waals surface area contributed by atoms with E-state index in [1.54, 1.807) is 27.2 Å². The number of hydrogen-bond acceptors (Lipinski definition) is 4. The van der Waals surface area contributed by atoms with E-state index in [9.17, 15) is 14.7 Å². The average molecular weight is 309 g/mol. The number of carbonyl (C=O) groups is 2. The third-order valence-corrected chi connectivity index (χ3v) is 4.51. The molecule has 22 heavy (non-hydrogen) atoms. The summed E-state index contributed by atoms with van der Waals surface area (Å²) in [6.07, 6.45) is 6.49. The van der Waals surface area contributed by atoms with Gasteiger partial charge in [-0.25, -0.2) is 4.79 Å². The predicted octanol–water partition coefficient (Wildman–Crippen LogP) is 1.85. The van der Waals surface area contributed by atoms with E-state index in [4.69, 9.17) is 4.74 Å². The summed E-state index contributed by atoms with van der Waals surface area (Å²) >= 11 is 0. The fourth-order valence-electron chi connectivity index (χ4n) is 2.55. The summed E-state index contributed by atoms with van der Waals surface area (Å²) in [6.45, 7) is 3.67. The fourth-order valence-corrected chi connectivity index (χ4v) is 2.55. The Labute approximate surface area is 129 Å². The number of aliphatic carboxylic acids is 1. The third kappa shape index (κ3) is 2.99. The van der Waals surface area contributed by atoms with Gasteiger partial charge in [-0.3, -0.25) is 9.48 Å². The van der Waals surface area contributed by atoms with E-state index in [2.05, 4.69) is 10.4 Å². The molecule has 122 valence electrons.